The van der Waals surface area contributed by atoms with E-state index < -0.39 is 10.8 Å². The summed E-state index contributed by atoms with van der Waals surface area (Å²) in [5.74, 6) is 1.56. The molecule has 0 bridgehead atoms. The molecule has 1 N–H and O–H groups in total. The molecule has 2 unspecified atom stereocenters. The summed E-state index contributed by atoms with van der Waals surface area (Å²) in [6.45, 7) is 9.94. The van der Waals surface area contributed by atoms with Gasteiger partial charge in [0.15, 0.2) is 0 Å². The fraction of sp³-hybridized carbons (Fsp3) is 0.647. The maximum Gasteiger partial charge on any atom is 0.119 e. The first-order valence-electron chi connectivity index (χ1n) is 7.91. The van der Waals surface area contributed by atoms with Gasteiger partial charge in [-0.25, -0.2) is 0 Å². The van der Waals surface area contributed by atoms with E-state index in [0.717, 1.165) is 31.7 Å². The summed E-state index contributed by atoms with van der Waals surface area (Å²) in [7, 11) is -0.810. The van der Waals surface area contributed by atoms with Gasteiger partial charge in [-0.15, -0.1) is 0 Å². The van der Waals surface area contributed by atoms with Crippen molar-refractivity contribution >= 4 is 10.8 Å². The van der Waals surface area contributed by atoms with Gasteiger partial charge in [0.2, 0.25) is 0 Å². The smallest absolute Gasteiger partial charge is 0.119 e. The molecule has 0 saturated heterocycles. The lowest BCUT2D eigenvalue weighted by Gasteiger charge is -2.20. The van der Waals surface area contributed by atoms with Crippen LogP contribution in [-0.2, 0) is 10.8 Å². The minimum absolute atomic E-state index is 0.147. The first-order valence-corrected chi connectivity index (χ1v) is 9.30. The molecule has 0 aliphatic carbocycles. The maximum atomic E-state index is 12.1. The van der Waals surface area contributed by atoms with Crippen LogP contribution in [-0.4, -0.2) is 28.4 Å². The standard InChI is InChI=1S/C17H29NO2S/c1-5-11-18-17(13-21(19)14(3)4)15-7-9-16(10-8-15)20-12-6-2/h7-10,14,17-18H,5-6,11-13H2,1-4H3. The number of rotatable bonds is 10. The number of benzene rings is 1. The number of hydrogen-bond acceptors (Lipinski definition) is 3. The van der Waals surface area contributed by atoms with E-state index in [1.807, 2.05) is 26.0 Å². The van der Waals surface area contributed by atoms with Crippen LogP contribution < -0.4 is 10.1 Å². The Morgan fingerprint density at radius 3 is 2.33 bits per heavy atom. The third-order valence-electron chi connectivity index (χ3n) is 3.25. The maximum absolute atomic E-state index is 12.1. The van der Waals surface area contributed by atoms with Gasteiger partial charge in [0.1, 0.15) is 5.75 Å². The highest BCUT2D eigenvalue weighted by molar-refractivity contribution is 7.85. The van der Waals surface area contributed by atoms with Crippen LogP contribution in [0.25, 0.3) is 0 Å². The molecule has 0 heterocycles. The van der Waals surface area contributed by atoms with Crippen molar-refractivity contribution in [2.24, 2.45) is 0 Å². The minimum atomic E-state index is -0.810. The SMILES string of the molecule is CCCNC(CS(=O)C(C)C)c1ccc(OCCC)cc1. The lowest BCUT2D eigenvalue weighted by molar-refractivity contribution is 0.317. The van der Waals surface area contributed by atoms with Crippen LogP contribution in [0.15, 0.2) is 24.3 Å². The van der Waals surface area contributed by atoms with Crippen molar-refractivity contribution in [3.8, 4) is 5.75 Å². The quantitative estimate of drug-likeness (QED) is 0.716. The summed E-state index contributed by atoms with van der Waals surface area (Å²) in [4.78, 5) is 0. The van der Waals surface area contributed by atoms with E-state index in [-0.39, 0.29) is 11.3 Å². The molecule has 1 aromatic carbocycles. The number of ether oxygens (including phenoxy) is 1. The van der Waals surface area contributed by atoms with Crippen molar-refractivity contribution in [2.45, 2.75) is 51.8 Å². The Morgan fingerprint density at radius 1 is 1.14 bits per heavy atom. The van der Waals surface area contributed by atoms with Gasteiger partial charge in [0.25, 0.3) is 0 Å². The van der Waals surface area contributed by atoms with Gasteiger partial charge in [-0.05, 0) is 37.1 Å². The third kappa shape index (κ3) is 6.62. The van der Waals surface area contributed by atoms with E-state index in [2.05, 4.69) is 31.3 Å². The summed E-state index contributed by atoms with van der Waals surface area (Å²) >= 11 is 0. The van der Waals surface area contributed by atoms with E-state index in [0.29, 0.717) is 5.75 Å². The van der Waals surface area contributed by atoms with Crippen LogP contribution in [0.1, 0.15) is 52.1 Å². The molecule has 0 aliphatic heterocycles. The van der Waals surface area contributed by atoms with Gasteiger partial charge in [0.05, 0.1) is 6.61 Å². The van der Waals surface area contributed by atoms with E-state index in [1.165, 1.54) is 5.56 Å². The van der Waals surface area contributed by atoms with E-state index >= 15 is 0 Å². The van der Waals surface area contributed by atoms with Gasteiger partial charge >= 0.3 is 0 Å². The average molecular weight is 311 g/mol. The molecule has 0 saturated carbocycles. The highest BCUT2D eigenvalue weighted by atomic mass is 32.2. The molecule has 0 fully saturated rings. The van der Waals surface area contributed by atoms with Gasteiger partial charge in [-0.3, -0.25) is 4.21 Å². The summed E-state index contributed by atoms with van der Waals surface area (Å²) in [6.07, 6.45) is 2.08. The van der Waals surface area contributed by atoms with Crippen LogP contribution in [0.2, 0.25) is 0 Å². The molecular weight excluding hydrogens is 282 g/mol. The second-order valence-corrected chi connectivity index (χ2v) is 7.56. The highest BCUT2D eigenvalue weighted by Gasteiger charge is 2.16. The van der Waals surface area contributed by atoms with Gasteiger partial charge in [0, 0.05) is 27.8 Å². The van der Waals surface area contributed by atoms with Crippen LogP contribution in [0.5, 0.6) is 5.75 Å². The normalized spacial score (nSPS) is 14.1. The summed E-state index contributed by atoms with van der Waals surface area (Å²) in [5, 5.41) is 3.70. The monoisotopic (exact) mass is 311 g/mol. The zero-order chi connectivity index (χ0) is 15.7. The van der Waals surface area contributed by atoms with Crippen molar-refractivity contribution in [3.05, 3.63) is 29.8 Å². The van der Waals surface area contributed by atoms with Crippen LogP contribution in [0.4, 0.5) is 0 Å². The number of hydrogen-bond donors (Lipinski definition) is 1. The van der Waals surface area contributed by atoms with Gasteiger partial charge in [-0.1, -0.05) is 39.8 Å². The molecule has 0 aromatic heterocycles. The zero-order valence-electron chi connectivity index (χ0n) is 13.7. The molecule has 2 atom stereocenters. The minimum Gasteiger partial charge on any atom is -0.494 e. The topological polar surface area (TPSA) is 38.3 Å². The Morgan fingerprint density at radius 2 is 1.81 bits per heavy atom. The molecule has 21 heavy (non-hydrogen) atoms. The Hall–Kier alpha value is -0.870. The summed E-state index contributed by atoms with van der Waals surface area (Å²) in [6, 6.07) is 8.31. The fourth-order valence-corrected chi connectivity index (χ4v) is 2.99. The number of nitrogens with one attached hydrogen (secondary N) is 1. The molecule has 0 aliphatic rings. The fourth-order valence-electron chi connectivity index (χ4n) is 1.96. The predicted octanol–water partition coefficient (Wildman–Crippen LogP) is 3.67. The summed E-state index contributed by atoms with van der Waals surface area (Å²) in [5.41, 5.74) is 1.18. The Labute approximate surface area is 131 Å². The Kier molecular flexibility index (Phi) is 8.62. The molecule has 1 aromatic rings. The van der Waals surface area contributed by atoms with Gasteiger partial charge in [-0.2, -0.15) is 0 Å². The van der Waals surface area contributed by atoms with Crippen LogP contribution >= 0.6 is 0 Å². The lowest BCUT2D eigenvalue weighted by atomic mass is 10.1. The average Bonchev–Trinajstić information content (AvgIpc) is 2.49. The first kappa shape index (κ1) is 18.2. The van der Waals surface area contributed by atoms with Crippen molar-refractivity contribution in [2.75, 3.05) is 18.9 Å². The van der Waals surface area contributed by atoms with Gasteiger partial charge < -0.3 is 10.1 Å². The van der Waals surface area contributed by atoms with Crippen LogP contribution in [0, 0.1) is 0 Å². The Balaban J connectivity index is 2.74. The molecular formula is C17H29NO2S. The Bertz CT molecular complexity index is 417. The van der Waals surface area contributed by atoms with Crippen molar-refractivity contribution in [1.29, 1.82) is 0 Å². The molecule has 1 rings (SSSR count). The highest BCUT2D eigenvalue weighted by Crippen LogP contribution is 2.20. The molecule has 0 radical (unpaired) electrons. The van der Waals surface area contributed by atoms with E-state index in [9.17, 15) is 4.21 Å². The van der Waals surface area contributed by atoms with Crippen molar-refractivity contribution < 1.29 is 8.95 Å². The zero-order valence-corrected chi connectivity index (χ0v) is 14.5. The molecule has 3 nitrogen and oxygen atoms in total. The largest absolute Gasteiger partial charge is 0.494 e. The van der Waals surface area contributed by atoms with Crippen LogP contribution in [0.3, 0.4) is 0 Å². The lowest BCUT2D eigenvalue weighted by Crippen LogP contribution is -2.28. The first-order chi connectivity index (χ1) is 10.1. The third-order valence-corrected chi connectivity index (χ3v) is 4.97. The second-order valence-electron chi connectivity index (χ2n) is 5.52. The second kappa shape index (κ2) is 9.96. The van der Waals surface area contributed by atoms with E-state index in [4.69, 9.17) is 4.74 Å². The van der Waals surface area contributed by atoms with E-state index in [1.54, 1.807) is 0 Å². The van der Waals surface area contributed by atoms with Crippen molar-refractivity contribution in [3.63, 3.8) is 0 Å². The van der Waals surface area contributed by atoms with Crippen molar-refractivity contribution in [1.82, 2.24) is 5.32 Å². The molecule has 4 heteroatoms. The molecule has 0 spiro atoms. The molecule has 0 amide bonds. The summed E-state index contributed by atoms with van der Waals surface area (Å²) < 4.78 is 17.8. The molecule has 120 valence electrons. The predicted molar refractivity (Wildman–Crippen MR) is 91.4 cm³/mol.